The molecule has 0 saturated carbocycles. The number of hydrogen-bond donors (Lipinski definition) is 0. The lowest BCUT2D eigenvalue weighted by molar-refractivity contribution is -0.202. The van der Waals surface area contributed by atoms with Gasteiger partial charge in [-0.2, -0.15) is 13.2 Å². The van der Waals surface area contributed by atoms with Gasteiger partial charge in [0.15, 0.2) is 6.10 Å². The first kappa shape index (κ1) is 11.4. The highest BCUT2D eigenvalue weighted by atomic mass is 35.5. The fourth-order valence-electron chi connectivity index (χ4n) is 0.880. The molecule has 1 nitrogen and oxygen atoms in total. The molecule has 0 aliphatic heterocycles. The van der Waals surface area contributed by atoms with Crippen LogP contribution in [0.25, 0.3) is 0 Å². The number of ether oxygens (including phenoxy) is 1. The van der Waals surface area contributed by atoms with Crippen LogP contribution < -0.4 is 0 Å². The van der Waals surface area contributed by atoms with E-state index in [-0.39, 0.29) is 10.8 Å². The molecule has 1 unspecified atom stereocenters. The molecule has 0 saturated heterocycles. The molecule has 0 bridgehead atoms. The van der Waals surface area contributed by atoms with Gasteiger partial charge in [0.05, 0.1) is 5.03 Å². The van der Waals surface area contributed by atoms with Gasteiger partial charge in [0.2, 0.25) is 0 Å². The highest BCUT2D eigenvalue weighted by molar-refractivity contribution is 6.31. The predicted molar refractivity (Wildman–Crippen MR) is 47.5 cm³/mol. The lowest BCUT2D eigenvalue weighted by atomic mass is 10.2. The minimum absolute atomic E-state index is 0.0720. The van der Waals surface area contributed by atoms with Crippen molar-refractivity contribution in [3.63, 3.8) is 0 Å². The first-order valence-electron chi connectivity index (χ1n) is 4.04. The molecule has 0 spiro atoms. The summed E-state index contributed by atoms with van der Waals surface area (Å²) in [6, 6.07) is 0. The Hall–Kier alpha value is -0.640. The number of allylic oxidation sites excluding steroid dienone is 3. The summed E-state index contributed by atoms with van der Waals surface area (Å²) in [4.78, 5) is 0. The molecular weight excluding hydrogens is 217 g/mol. The predicted octanol–water partition coefficient (Wildman–Crippen LogP) is 3.57. The van der Waals surface area contributed by atoms with Crippen molar-refractivity contribution < 1.29 is 17.9 Å². The standard InChI is InChI=1S/C9H9ClF3O/c1-6(9(11,12)13)14-8-5-3-2-4-7(8)10/h3-6H,2H2,1H3. The van der Waals surface area contributed by atoms with Gasteiger partial charge in [0, 0.05) is 0 Å². The topological polar surface area (TPSA) is 9.23 Å². The van der Waals surface area contributed by atoms with Crippen molar-refractivity contribution in [2.45, 2.75) is 25.6 Å². The van der Waals surface area contributed by atoms with E-state index >= 15 is 0 Å². The molecule has 1 aliphatic carbocycles. The van der Waals surface area contributed by atoms with Gasteiger partial charge in [-0.15, -0.1) is 0 Å². The lowest BCUT2D eigenvalue weighted by Crippen LogP contribution is -2.28. The summed E-state index contributed by atoms with van der Waals surface area (Å²) in [5.41, 5.74) is 0. The highest BCUT2D eigenvalue weighted by Crippen LogP contribution is 2.29. The van der Waals surface area contributed by atoms with Crippen LogP contribution in [0.4, 0.5) is 13.2 Å². The minimum Gasteiger partial charge on any atom is -0.480 e. The number of alkyl halides is 3. The maximum absolute atomic E-state index is 12.1. The molecule has 1 atom stereocenters. The van der Waals surface area contributed by atoms with Gasteiger partial charge in [0.25, 0.3) is 0 Å². The second-order valence-electron chi connectivity index (χ2n) is 2.86. The van der Waals surface area contributed by atoms with E-state index in [2.05, 4.69) is 4.74 Å². The van der Waals surface area contributed by atoms with Crippen molar-refractivity contribution in [3.8, 4) is 0 Å². The second-order valence-corrected chi connectivity index (χ2v) is 3.26. The number of halogens is 4. The Morgan fingerprint density at radius 1 is 1.50 bits per heavy atom. The number of hydrogen-bond acceptors (Lipinski definition) is 1. The first-order chi connectivity index (χ1) is 6.41. The van der Waals surface area contributed by atoms with Crippen molar-refractivity contribution in [1.29, 1.82) is 0 Å². The maximum atomic E-state index is 12.1. The van der Waals surface area contributed by atoms with E-state index in [4.69, 9.17) is 11.6 Å². The van der Waals surface area contributed by atoms with Crippen LogP contribution in [0.3, 0.4) is 0 Å². The Kier molecular flexibility index (Phi) is 3.48. The molecule has 0 heterocycles. The van der Waals surface area contributed by atoms with Crippen molar-refractivity contribution in [1.82, 2.24) is 0 Å². The van der Waals surface area contributed by atoms with E-state index in [0.29, 0.717) is 6.42 Å². The average Bonchev–Trinajstić information content (AvgIpc) is 2.07. The van der Waals surface area contributed by atoms with E-state index in [1.165, 1.54) is 6.08 Å². The SMILES string of the molecule is CC(OC1=C[CH]CC=C1Cl)C(F)(F)F. The zero-order valence-electron chi connectivity index (χ0n) is 7.44. The normalized spacial score (nSPS) is 19.8. The van der Waals surface area contributed by atoms with Gasteiger partial charge in [-0.3, -0.25) is 0 Å². The largest absolute Gasteiger partial charge is 0.480 e. The number of rotatable bonds is 2. The Morgan fingerprint density at radius 3 is 2.64 bits per heavy atom. The molecule has 0 fully saturated rings. The fourth-order valence-corrected chi connectivity index (χ4v) is 1.08. The lowest BCUT2D eigenvalue weighted by Gasteiger charge is -2.20. The van der Waals surface area contributed by atoms with Crippen LogP contribution in [0.2, 0.25) is 0 Å². The molecule has 5 heteroatoms. The summed E-state index contributed by atoms with van der Waals surface area (Å²) in [6.45, 7) is 0.944. The Bertz CT molecular complexity index is 268. The molecule has 0 N–H and O–H groups in total. The van der Waals surface area contributed by atoms with E-state index in [9.17, 15) is 13.2 Å². The Morgan fingerprint density at radius 2 is 2.14 bits per heavy atom. The van der Waals surface area contributed by atoms with E-state index in [1.807, 2.05) is 0 Å². The summed E-state index contributed by atoms with van der Waals surface area (Å²) in [5.74, 6) is 0.0720. The van der Waals surface area contributed by atoms with Crippen LogP contribution in [-0.2, 0) is 4.74 Å². The van der Waals surface area contributed by atoms with Crippen molar-refractivity contribution in [3.05, 3.63) is 29.4 Å². The van der Waals surface area contributed by atoms with Gasteiger partial charge < -0.3 is 4.74 Å². The zero-order valence-corrected chi connectivity index (χ0v) is 8.19. The summed E-state index contributed by atoms with van der Waals surface area (Å²) in [5, 5.41) is 0.226. The quantitative estimate of drug-likeness (QED) is 0.698. The first-order valence-corrected chi connectivity index (χ1v) is 4.42. The molecule has 14 heavy (non-hydrogen) atoms. The van der Waals surface area contributed by atoms with Crippen LogP contribution in [-0.4, -0.2) is 12.3 Å². The molecule has 0 aromatic carbocycles. The zero-order chi connectivity index (χ0) is 10.8. The molecule has 0 amide bonds. The summed E-state index contributed by atoms with van der Waals surface area (Å²) in [7, 11) is 0. The van der Waals surface area contributed by atoms with Gasteiger partial charge >= 0.3 is 6.18 Å². The molecule has 79 valence electrons. The molecule has 0 aromatic rings. The minimum atomic E-state index is -4.37. The van der Waals surface area contributed by atoms with Gasteiger partial charge in [0.1, 0.15) is 5.76 Å². The van der Waals surface area contributed by atoms with E-state index in [1.54, 1.807) is 12.5 Å². The van der Waals surface area contributed by atoms with Crippen LogP contribution in [0.15, 0.2) is 22.9 Å². The van der Waals surface area contributed by atoms with Gasteiger partial charge in [-0.1, -0.05) is 17.7 Å². The van der Waals surface area contributed by atoms with E-state index in [0.717, 1.165) is 6.92 Å². The van der Waals surface area contributed by atoms with E-state index < -0.39 is 12.3 Å². The fraction of sp³-hybridized carbons (Fsp3) is 0.444. The van der Waals surface area contributed by atoms with Crippen molar-refractivity contribution in [2.75, 3.05) is 0 Å². The monoisotopic (exact) mass is 225 g/mol. The Labute approximate surface area is 85.2 Å². The molecule has 1 rings (SSSR count). The van der Waals surface area contributed by atoms with Gasteiger partial charge in [-0.25, -0.2) is 0 Å². The smallest absolute Gasteiger partial charge is 0.425 e. The third-order valence-electron chi connectivity index (χ3n) is 1.70. The summed E-state index contributed by atoms with van der Waals surface area (Å²) < 4.78 is 41.0. The summed E-state index contributed by atoms with van der Waals surface area (Å²) in [6.07, 6.45) is -0.862. The molecular formula is C9H9ClF3O. The van der Waals surface area contributed by atoms with Crippen LogP contribution in [0.5, 0.6) is 0 Å². The van der Waals surface area contributed by atoms with Crippen molar-refractivity contribution in [2.24, 2.45) is 0 Å². The van der Waals surface area contributed by atoms with Crippen molar-refractivity contribution >= 4 is 11.6 Å². The third kappa shape index (κ3) is 2.94. The maximum Gasteiger partial charge on any atom is 0.425 e. The highest BCUT2D eigenvalue weighted by Gasteiger charge is 2.38. The molecule has 1 aliphatic rings. The van der Waals surface area contributed by atoms with Gasteiger partial charge in [-0.05, 0) is 25.8 Å². The van der Waals surface area contributed by atoms with Crippen LogP contribution in [0.1, 0.15) is 13.3 Å². The second kappa shape index (κ2) is 4.26. The third-order valence-corrected chi connectivity index (χ3v) is 2.04. The molecule has 1 radical (unpaired) electrons. The van der Waals surface area contributed by atoms with Crippen LogP contribution >= 0.6 is 11.6 Å². The average molecular weight is 226 g/mol. The summed E-state index contributed by atoms with van der Waals surface area (Å²) >= 11 is 5.66. The molecule has 0 aromatic heterocycles. The van der Waals surface area contributed by atoms with Crippen LogP contribution in [0, 0.1) is 6.42 Å². The Balaban J connectivity index is 2.61.